The van der Waals surface area contributed by atoms with E-state index in [2.05, 4.69) is 49.4 Å². The van der Waals surface area contributed by atoms with Crippen molar-refractivity contribution in [2.75, 3.05) is 11.9 Å². The van der Waals surface area contributed by atoms with Crippen LogP contribution < -0.4 is 10.6 Å². The molecule has 0 aliphatic carbocycles. The van der Waals surface area contributed by atoms with Crippen LogP contribution in [0.5, 0.6) is 0 Å². The highest BCUT2D eigenvalue weighted by atomic mass is 16.3. The fraction of sp³-hybridized carbons (Fsp3) is 0.269. The number of aliphatic hydroxyl groups excluding tert-OH is 1. The number of hydrogen-bond donors (Lipinski definition) is 4. The Morgan fingerprint density at radius 3 is 2.71 bits per heavy atom. The largest absolute Gasteiger partial charge is 0.394 e. The van der Waals surface area contributed by atoms with Gasteiger partial charge in [0.05, 0.1) is 30.7 Å². The molecule has 34 heavy (non-hydrogen) atoms. The Labute approximate surface area is 198 Å². The van der Waals surface area contributed by atoms with Crippen LogP contribution in [0.15, 0.2) is 67.3 Å². The summed E-state index contributed by atoms with van der Waals surface area (Å²) in [6, 6.07) is 15.7. The third kappa shape index (κ3) is 5.90. The van der Waals surface area contributed by atoms with E-state index < -0.39 is 6.04 Å². The smallest absolute Gasteiger partial charge is 0.269 e. The Bertz CT molecular complexity index is 1250. The molecule has 0 spiro atoms. The van der Waals surface area contributed by atoms with Gasteiger partial charge in [0, 0.05) is 24.8 Å². The zero-order valence-electron chi connectivity index (χ0n) is 19.1. The molecule has 0 fully saturated rings. The van der Waals surface area contributed by atoms with Gasteiger partial charge in [0.25, 0.3) is 5.91 Å². The Hall–Kier alpha value is -3.91. The predicted molar refractivity (Wildman–Crippen MR) is 132 cm³/mol. The minimum atomic E-state index is -0.391. The second-order valence-corrected chi connectivity index (χ2v) is 8.42. The van der Waals surface area contributed by atoms with Gasteiger partial charge in [-0.15, -0.1) is 0 Å². The van der Waals surface area contributed by atoms with Gasteiger partial charge < -0.3 is 25.3 Å². The van der Waals surface area contributed by atoms with Crippen LogP contribution in [0.25, 0.3) is 10.9 Å². The van der Waals surface area contributed by atoms with Gasteiger partial charge in [0.2, 0.25) is 5.91 Å². The fourth-order valence-electron chi connectivity index (χ4n) is 3.84. The molecule has 2 heterocycles. The Morgan fingerprint density at radius 1 is 1.15 bits per heavy atom. The molecule has 4 aromatic rings. The van der Waals surface area contributed by atoms with Crippen molar-refractivity contribution < 1.29 is 14.7 Å². The van der Waals surface area contributed by atoms with E-state index in [0.717, 1.165) is 22.2 Å². The van der Waals surface area contributed by atoms with Crippen LogP contribution in [0.4, 0.5) is 5.69 Å². The third-order valence-electron chi connectivity index (χ3n) is 5.84. The van der Waals surface area contributed by atoms with Crippen molar-refractivity contribution in [1.29, 1.82) is 0 Å². The minimum absolute atomic E-state index is 0.0279. The molecular formula is C26H29N5O3. The molecule has 0 aliphatic heterocycles. The van der Waals surface area contributed by atoms with Gasteiger partial charge in [-0.1, -0.05) is 35.9 Å². The molecule has 0 unspecified atom stereocenters. The maximum atomic E-state index is 12.5. The number of aliphatic hydroxyl groups is 1. The minimum Gasteiger partial charge on any atom is -0.394 e. The topological polar surface area (TPSA) is 112 Å². The van der Waals surface area contributed by atoms with Crippen LogP contribution in [0, 0.1) is 6.92 Å². The van der Waals surface area contributed by atoms with E-state index in [4.69, 9.17) is 0 Å². The molecule has 2 amide bonds. The van der Waals surface area contributed by atoms with Gasteiger partial charge in [-0.25, -0.2) is 4.98 Å². The molecule has 0 saturated heterocycles. The molecule has 4 rings (SSSR count). The highest BCUT2D eigenvalue weighted by molar-refractivity contribution is 5.94. The van der Waals surface area contributed by atoms with Crippen LogP contribution in [-0.2, 0) is 17.8 Å². The normalized spacial score (nSPS) is 11.9. The molecular weight excluding hydrogens is 430 g/mol. The number of carbonyl (C=O) groups excluding carboxylic acids is 2. The summed E-state index contributed by atoms with van der Waals surface area (Å²) >= 11 is 0. The highest BCUT2D eigenvalue weighted by Gasteiger charge is 2.15. The third-order valence-corrected chi connectivity index (χ3v) is 5.84. The number of anilines is 1. The van der Waals surface area contributed by atoms with E-state index in [-0.39, 0.29) is 18.4 Å². The summed E-state index contributed by atoms with van der Waals surface area (Å²) in [6.07, 6.45) is 6.51. The number of H-pyrrole nitrogens is 1. The first-order valence-corrected chi connectivity index (χ1v) is 11.4. The summed E-state index contributed by atoms with van der Waals surface area (Å²) in [5, 5.41) is 16.6. The van der Waals surface area contributed by atoms with E-state index >= 15 is 0 Å². The first-order chi connectivity index (χ1) is 16.5. The number of rotatable bonds is 10. The van der Waals surface area contributed by atoms with Crippen LogP contribution in [0.3, 0.4) is 0 Å². The number of nitrogens with zero attached hydrogens (tertiary/aromatic N) is 2. The number of nitrogens with one attached hydrogen (secondary N) is 3. The van der Waals surface area contributed by atoms with E-state index in [1.54, 1.807) is 0 Å². The van der Waals surface area contributed by atoms with Crippen molar-refractivity contribution in [3.63, 3.8) is 0 Å². The van der Waals surface area contributed by atoms with Gasteiger partial charge in [-0.2, -0.15) is 0 Å². The van der Waals surface area contributed by atoms with Gasteiger partial charge in [0.1, 0.15) is 5.69 Å². The zero-order valence-corrected chi connectivity index (χ0v) is 19.1. The summed E-state index contributed by atoms with van der Waals surface area (Å²) in [5.74, 6) is -0.329. The Morgan fingerprint density at radius 2 is 1.97 bits per heavy atom. The van der Waals surface area contributed by atoms with Crippen molar-refractivity contribution in [1.82, 2.24) is 19.9 Å². The van der Waals surface area contributed by atoms with Crippen molar-refractivity contribution >= 4 is 28.4 Å². The number of aromatic amines is 1. The van der Waals surface area contributed by atoms with Crippen LogP contribution in [-0.4, -0.2) is 44.1 Å². The molecule has 4 N–H and O–H groups in total. The van der Waals surface area contributed by atoms with E-state index in [1.807, 2.05) is 37.4 Å². The summed E-state index contributed by atoms with van der Waals surface area (Å²) in [4.78, 5) is 31.3. The zero-order chi connectivity index (χ0) is 23.9. The number of aryl methyl sites for hydroxylation is 3. The highest BCUT2D eigenvalue weighted by Crippen LogP contribution is 2.21. The van der Waals surface area contributed by atoms with Crippen molar-refractivity contribution in [3.05, 3.63) is 84.1 Å². The van der Waals surface area contributed by atoms with Crippen LogP contribution in [0.1, 0.15) is 34.5 Å². The summed E-state index contributed by atoms with van der Waals surface area (Å²) in [5.41, 5.74) is 4.42. The molecule has 2 aromatic carbocycles. The quantitative estimate of drug-likeness (QED) is 0.291. The van der Waals surface area contributed by atoms with Crippen LogP contribution in [0.2, 0.25) is 0 Å². The molecule has 1 atom stereocenters. The molecule has 0 aliphatic rings. The molecule has 8 heteroatoms. The summed E-state index contributed by atoms with van der Waals surface area (Å²) in [6.45, 7) is 2.48. The van der Waals surface area contributed by atoms with Gasteiger partial charge in [-0.05, 0) is 48.9 Å². The first kappa shape index (κ1) is 23.3. The molecule has 0 radical (unpaired) electrons. The SMILES string of the molecule is Cc1ccc(CCC(=O)Nc2ccc3ccn(CC[C@H](CO)NC(=O)c4cnc[nH]4)c3c2)cc1. The average Bonchev–Trinajstić information content (AvgIpc) is 3.52. The monoisotopic (exact) mass is 459 g/mol. The second-order valence-electron chi connectivity index (χ2n) is 8.42. The van der Waals surface area contributed by atoms with Gasteiger partial charge in [-0.3, -0.25) is 9.59 Å². The average molecular weight is 460 g/mol. The maximum absolute atomic E-state index is 12.5. The maximum Gasteiger partial charge on any atom is 0.269 e. The van der Waals surface area contributed by atoms with E-state index in [1.165, 1.54) is 18.1 Å². The molecule has 2 aromatic heterocycles. The lowest BCUT2D eigenvalue weighted by Crippen LogP contribution is -2.38. The first-order valence-electron chi connectivity index (χ1n) is 11.4. The number of imidazole rings is 1. The van der Waals surface area contributed by atoms with E-state index in [0.29, 0.717) is 31.5 Å². The summed E-state index contributed by atoms with van der Waals surface area (Å²) < 4.78 is 2.06. The van der Waals surface area contributed by atoms with Crippen molar-refractivity contribution in [2.45, 2.75) is 38.8 Å². The number of aromatic nitrogens is 3. The lowest BCUT2D eigenvalue weighted by Gasteiger charge is -2.16. The number of fused-ring (bicyclic) bond motifs is 1. The molecule has 176 valence electrons. The van der Waals surface area contributed by atoms with E-state index in [9.17, 15) is 14.7 Å². The standard InChI is InChI=1S/C26H29N5O3/c1-18-2-4-19(5-3-18)6-9-25(33)29-21-8-7-20-10-12-31(24(20)14-21)13-11-22(16-32)30-26(34)23-15-27-17-28-23/h2-5,7-8,10,12,14-15,17,22,32H,6,9,11,13,16H2,1H3,(H,27,28)(H,29,33)(H,30,34)/t22-/m1/s1. The molecule has 8 nitrogen and oxygen atoms in total. The summed E-state index contributed by atoms with van der Waals surface area (Å²) in [7, 11) is 0. The van der Waals surface area contributed by atoms with Crippen molar-refractivity contribution in [2.24, 2.45) is 0 Å². The lowest BCUT2D eigenvalue weighted by molar-refractivity contribution is -0.116. The Balaban J connectivity index is 1.35. The number of hydrogen-bond acceptors (Lipinski definition) is 4. The number of amides is 2. The van der Waals surface area contributed by atoms with Crippen molar-refractivity contribution in [3.8, 4) is 0 Å². The number of carbonyl (C=O) groups is 2. The lowest BCUT2D eigenvalue weighted by atomic mass is 10.1. The van der Waals surface area contributed by atoms with Gasteiger partial charge >= 0.3 is 0 Å². The van der Waals surface area contributed by atoms with Gasteiger partial charge in [0.15, 0.2) is 0 Å². The van der Waals surface area contributed by atoms with Crippen LogP contribution >= 0.6 is 0 Å². The predicted octanol–water partition coefficient (Wildman–Crippen LogP) is 3.43. The number of benzene rings is 2. The second kappa shape index (κ2) is 10.8. The Kier molecular flexibility index (Phi) is 7.39. The molecule has 0 saturated carbocycles. The molecule has 0 bridgehead atoms. The fourth-order valence-corrected chi connectivity index (χ4v) is 3.84.